The first-order chi connectivity index (χ1) is 14.2. The van der Waals surface area contributed by atoms with Crippen LogP contribution in [0.3, 0.4) is 0 Å². The number of pyridine rings is 1. The van der Waals surface area contributed by atoms with Gasteiger partial charge in [0.1, 0.15) is 11.6 Å². The molecular weight excluding hydrogens is 391 g/mol. The van der Waals surface area contributed by atoms with Gasteiger partial charge in [-0.25, -0.2) is 18.2 Å². The summed E-state index contributed by atoms with van der Waals surface area (Å²) in [7, 11) is 0. The number of hydrogen-bond acceptors (Lipinski definition) is 3. The van der Waals surface area contributed by atoms with Gasteiger partial charge in [0.15, 0.2) is 11.5 Å². The third kappa shape index (κ3) is 3.21. The van der Waals surface area contributed by atoms with E-state index in [1.165, 1.54) is 67.0 Å². The van der Waals surface area contributed by atoms with Crippen LogP contribution < -0.4 is 0 Å². The van der Waals surface area contributed by atoms with Crippen molar-refractivity contribution >= 4 is 5.65 Å². The summed E-state index contributed by atoms with van der Waals surface area (Å²) in [6, 6.07) is 11.4. The standard InChI is InChI=1S/C23H16F3N3O/c1-23(2,30)18-7-8-29-20(12-28-22(29)21(18)26)17-10-13(3-6-19(17)25)16-5-4-15(24)9-14(16)11-27/h3-10,12,30H,1-2H3. The topological polar surface area (TPSA) is 61.3 Å². The van der Waals surface area contributed by atoms with Crippen molar-refractivity contribution in [1.82, 2.24) is 9.38 Å². The number of benzene rings is 2. The van der Waals surface area contributed by atoms with Gasteiger partial charge in [-0.3, -0.25) is 4.40 Å². The van der Waals surface area contributed by atoms with Gasteiger partial charge in [0.2, 0.25) is 0 Å². The highest BCUT2D eigenvalue weighted by Gasteiger charge is 2.24. The monoisotopic (exact) mass is 407 g/mol. The Morgan fingerprint density at radius 3 is 2.50 bits per heavy atom. The molecule has 1 N–H and O–H groups in total. The molecule has 7 heteroatoms. The van der Waals surface area contributed by atoms with E-state index in [4.69, 9.17) is 0 Å². The minimum absolute atomic E-state index is 0.0473. The van der Waals surface area contributed by atoms with E-state index in [0.717, 1.165) is 6.07 Å². The fourth-order valence-electron chi connectivity index (χ4n) is 3.44. The van der Waals surface area contributed by atoms with Gasteiger partial charge in [0.25, 0.3) is 0 Å². The van der Waals surface area contributed by atoms with E-state index in [-0.39, 0.29) is 22.3 Å². The highest BCUT2D eigenvalue weighted by Crippen LogP contribution is 2.33. The number of imidazole rings is 1. The zero-order chi connectivity index (χ0) is 21.6. The average Bonchev–Trinajstić information content (AvgIpc) is 3.12. The van der Waals surface area contributed by atoms with Gasteiger partial charge in [-0.05, 0) is 55.3 Å². The zero-order valence-corrected chi connectivity index (χ0v) is 16.1. The van der Waals surface area contributed by atoms with Gasteiger partial charge in [0.05, 0.1) is 29.1 Å². The molecule has 0 aliphatic rings. The molecule has 0 atom stereocenters. The van der Waals surface area contributed by atoms with Gasteiger partial charge in [-0.1, -0.05) is 12.1 Å². The van der Waals surface area contributed by atoms with Crippen molar-refractivity contribution in [3.8, 4) is 28.5 Å². The number of nitriles is 1. The normalized spacial score (nSPS) is 11.6. The highest BCUT2D eigenvalue weighted by molar-refractivity contribution is 5.76. The Morgan fingerprint density at radius 2 is 1.80 bits per heavy atom. The minimum atomic E-state index is -1.40. The molecule has 4 rings (SSSR count). The Hall–Kier alpha value is -3.63. The molecule has 2 heterocycles. The average molecular weight is 407 g/mol. The number of nitrogens with zero attached hydrogens (tertiary/aromatic N) is 3. The summed E-state index contributed by atoms with van der Waals surface area (Å²) in [4.78, 5) is 4.07. The molecular formula is C23H16F3N3O. The van der Waals surface area contributed by atoms with Crippen LogP contribution in [-0.4, -0.2) is 14.5 Å². The van der Waals surface area contributed by atoms with Crippen molar-refractivity contribution in [2.24, 2.45) is 0 Å². The molecule has 2 aromatic heterocycles. The first-order valence-electron chi connectivity index (χ1n) is 9.09. The van der Waals surface area contributed by atoms with E-state index in [2.05, 4.69) is 4.98 Å². The van der Waals surface area contributed by atoms with Crippen molar-refractivity contribution < 1.29 is 18.3 Å². The van der Waals surface area contributed by atoms with Crippen LogP contribution in [0.1, 0.15) is 25.0 Å². The summed E-state index contributed by atoms with van der Waals surface area (Å²) in [6.45, 7) is 2.93. The largest absolute Gasteiger partial charge is 0.386 e. The fraction of sp³-hybridized carbons (Fsp3) is 0.130. The summed E-state index contributed by atoms with van der Waals surface area (Å²) in [6.07, 6.45) is 2.85. The minimum Gasteiger partial charge on any atom is -0.386 e. The molecule has 150 valence electrons. The quantitative estimate of drug-likeness (QED) is 0.509. The van der Waals surface area contributed by atoms with Crippen LogP contribution in [-0.2, 0) is 5.60 Å². The zero-order valence-electron chi connectivity index (χ0n) is 16.1. The number of aromatic nitrogens is 2. The molecule has 0 aliphatic carbocycles. The van der Waals surface area contributed by atoms with Crippen molar-refractivity contribution in [2.45, 2.75) is 19.4 Å². The van der Waals surface area contributed by atoms with E-state index in [1.54, 1.807) is 0 Å². The molecule has 30 heavy (non-hydrogen) atoms. The highest BCUT2D eigenvalue weighted by atomic mass is 19.1. The second-order valence-electron chi connectivity index (χ2n) is 7.44. The van der Waals surface area contributed by atoms with Gasteiger partial charge in [-0.15, -0.1) is 0 Å². The molecule has 4 nitrogen and oxygen atoms in total. The van der Waals surface area contributed by atoms with Gasteiger partial charge < -0.3 is 5.11 Å². The SMILES string of the molecule is CC(C)(O)c1ccn2c(-c3cc(-c4ccc(F)cc4C#N)ccc3F)cnc2c1F. The second kappa shape index (κ2) is 7.01. The number of aliphatic hydroxyl groups is 1. The van der Waals surface area contributed by atoms with Crippen molar-refractivity contribution in [3.05, 3.63) is 83.4 Å². The molecule has 2 aromatic carbocycles. The third-order valence-corrected chi connectivity index (χ3v) is 4.93. The number of hydrogen-bond donors (Lipinski definition) is 1. The molecule has 0 spiro atoms. The molecule has 0 amide bonds. The lowest BCUT2D eigenvalue weighted by atomic mass is 9.97. The van der Waals surface area contributed by atoms with Crippen molar-refractivity contribution in [3.63, 3.8) is 0 Å². The van der Waals surface area contributed by atoms with Crippen molar-refractivity contribution in [2.75, 3.05) is 0 Å². The maximum absolute atomic E-state index is 14.9. The lowest BCUT2D eigenvalue weighted by Crippen LogP contribution is -2.18. The predicted octanol–water partition coefficient (Wildman–Crippen LogP) is 5.18. The number of fused-ring (bicyclic) bond motifs is 1. The summed E-state index contributed by atoms with van der Waals surface area (Å²) in [5, 5.41) is 19.4. The van der Waals surface area contributed by atoms with Crippen LogP contribution in [0.5, 0.6) is 0 Å². The maximum Gasteiger partial charge on any atom is 0.174 e. The lowest BCUT2D eigenvalue weighted by Gasteiger charge is -2.18. The van der Waals surface area contributed by atoms with E-state index >= 15 is 0 Å². The molecule has 0 saturated heterocycles. The Kier molecular flexibility index (Phi) is 4.60. The second-order valence-corrected chi connectivity index (χ2v) is 7.44. The van der Waals surface area contributed by atoms with E-state index < -0.39 is 23.1 Å². The summed E-state index contributed by atoms with van der Waals surface area (Å²) in [5.41, 5.74) is 0.136. The van der Waals surface area contributed by atoms with Crippen LogP contribution >= 0.6 is 0 Å². The van der Waals surface area contributed by atoms with Gasteiger partial charge in [-0.2, -0.15) is 5.26 Å². The van der Waals surface area contributed by atoms with Crippen LogP contribution in [0.15, 0.2) is 54.9 Å². The Labute approximate surface area is 170 Å². The third-order valence-electron chi connectivity index (χ3n) is 4.93. The van der Waals surface area contributed by atoms with Crippen molar-refractivity contribution in [1.29, 1.82) is 5.26 Å². The fourth-order valence-corrected chi connectivity index (χ4v) is 3.44. The van der Waals surface area contributed by atoms with E-state index in [9.17, 15) is 23.5 Å². The Balaban J connectivity index is 1.90. The lowest BCUT2D eigenvalue weighted by molar-refractivity contribution is 0.0746. The molecule has 4 aromatic rings. The predicted molar refractivity (Wildman–Crippen MR) is 106 cm³/mol. The van der Waals surface area contributed by atoms with Gasteiger partial charge in [0, 0.05) is 17.3 Å². The molecule has 0 saturated carbocycles. The first-order valence-corrected chi connectivity index (χ1v) is 9.09. The molecule has 0 radical (unpaired) electrons. The molecule has 0 fully saturated rings. The van der Waals surface area contributed by atoms with Crippen LogP contribution in [0, 0.1) is 28.8 Å². The molecule has 0 unspecified atom stereocenters. The first kappa shape index (κ1) is 19.7. The van der Waals surface area contributed by atoms with E-state index in [0.29, 0.717) is 16.8 Å². The Morgan fingerprint density at radius 1 is 1.03 bits per heavy atom. The molecule has 0 bridgehead atoms. The van der Waals surface area contributed by atoms with Crippen LogP contribution in [0.2, 0.25) is 0 Å². The summed E-state index contributed by atoms with van der Waals surface area (Å²) < 4.78 is 44.4. The number of rotatable bonds is 3. The summed E-state index contributed by atoms with van der Waals surface area (Å²) in [5.74, 6) is -1.80. The Bertz CT molecular complexity index is 1330. The summed E-state index contributed by atoms with van der Waals surface area (Å²) >= 11 is 0. The van der Waals surface area contributed by atoms with Crippen LogP contribution in [0.25, 0.3) is 28.0 Å². The maximum atomic E-state index is 14.9. The number of halogens is 3. The smallest absolute Gasteiger partial charge is 0.174 e. The molecule has 0 aliphatic heterocycles. The van der Waals surface area contributed by atoms with Gasteiger partial charge >= 0.3 is 0 Å². The van der Waals surface area contributed by atoms with E-state index in [1.807, 2.05) is 6.07 Å². The van der Waals surface area contributed by atoms with Crippen LogP contribution in [0.4, 0.5) is 13.2 Å².